The van der Waals surface area contributed by atoms with Crippen LogP contribution in [-0.2, 0) is 15.3 Å². The van der Waals surface area contributed by atoms with E-state index in [0.29, 0.717) is 37.2 Å². The Morgan fingerprint density at radius 1 is 1.03 bits per heavy atom. The van der Waals surface area contributed by atoms with Crippen molar-refractivity contribution >= 4 is 28.2 Å². The second-order valence-electron chi connectivity index (χ2n) is 10.0. The van der Waals surface area contributed by atoms with Gasteiger partial charge >= 0.3 is 0 Å². The van der Waals surface area contributed by atoms with Crippen LogP contribution in [0, 0.1) is 0 Å². The number of ketones is 1. The quantitative estimate of drug-likeness (QED) is 0.569. The Morgan fingerprint density at radius 2 is 1.71 bits per heavy atom. The molecule has 1 aliphatic carbocycles. The van der Waals surface area contributed by atoms with Crippen LogP contribution >= 0.6 is 0 Å². The molecule has 35 heavy (non-hydrogen) atoms. The molecule has 2 aliphatic heterocycles. The molecule has 5 nitrogen and oxygen atoms in total. The second kappa shape index (κ2) is 8.25. The minimum absolute atomic E-state index is 0.124. The smallest absolute Gasteiger partial charge is 0.270 e. The minimum atomic E-state index is -2.29. The third-order valence-electron chi connectivity index (χ3n) is 8.15. The number of rotatable bonds is 5. The van der Waals surface area contributed by atoms with Gasteiger partial charge in [0.05, 0.1) is 24.3 Å². The zero-order valence-corrected chi connectivity index (χ0v) is 19.8. The van der Waals surface area contributed by atoms with Crippen molar-refractivity contribution in [3.63, 3.8) is 0 Å². The molecule has 3 aliphatic rings. The molecule has 180 valence electrons. The van der Waals surface area contributed by atoms with Crippen molar-refractivity contribution in [1.29, 1.82) is 0 Å². The highest BCUT2D eigenvalue weighted by Crippen LogP contribution is 2.50. The highest BCUT2D eigenvalue weighted by atomic mass is 19.1. The molecule has 1 N–H and O–H groups in total. The number of hydrogen-bond donors (Lipinski definition) is 1. The molecule has 3 atom stereocenters. The summed E-state index contributed by atoms with van der Waals surface area (Å²) in [5.41, 5.74) is 0.715. The number of aliphatic hydroxyl groups is 1. The van der Waals surface area contributed by atoms with Gasteiger partial charge in [0.15, 0.2) is 0 Å². The van der Waals surface area contributed by atoms with E-state index in [4.69, 9.17) is 0 Å². The van der Waals surface area contributed by atoms with Crippen LogP contribution in [0.25, 0.3) is 10.8 Å². The van der Waals surface area contributed by atoms with Gasteiger partial charge < -0.3 is 10.0 Å². The summed E-state index contributed by atoms with van der Waals surface area (Å²) in [5.74, 6) is -0.867. The summed E-state index contributed by atoms with van der Waals surface area (Å²) in [6.45, 7) is 3.08. The largest absolute Gasteiger partial charge is 0.386 e. The summed E-state index contributed by atoms with van der Waals surface area (Å²) in [6, 6.07) is 19.0. The number of carbonyl (C=O) groups is 2. The van der Waals surface area contributed by atoms with Gasteiger partial charge in [-0.15, -0.1) is 0 Å². The van der Waals surface area contributed by atoms with E-state index in [2.05, 4.69) is 23.1 Å². The monoisotopic (exact) mass is 472 g/mol. The lowest BCUT2D eigenvalue weighted by atomic mass is 9.91. The first-order valence-electron chi connectivity index (χ1n) is 12.5. The molecular formula is C29H29FN2O3. The van der Waals surface area contributed by atoms with Gasteiger partial charge in [0, 0.05) is 31.1 Å². The Balaban J connectivity index is 1.25. The lowest BCUT2D eigenvalue weighted by Gasteiger charge is -2.41. The van der Waals surface area contributed by atoms with Crippen molar-refractivity contribution in [2.75, 3.05) is 18.0 Å². The SMILES string of the molecule is CCC(=O)C[C@@]1(F)C(=O)N(C2CCN(C3c4cccc5cccc(c45)[C@@H]3O)CC2)c2ccccc21. The third-order valence-corrected chi connectivity index (χ3v) is 8.15. The van der Waals surface area contributed by atoms with Crippen molar-refractivity contribution in [2.45, 2.75) is 56.5 Å². The first-order chi connectivity index (χ1) is 16.9. The number of amides is 1. The number of Topliss-reactive ketones (excluding diaryl/α,β-unsaturated/α-hetero) is 1. The first-order valence-corrected chi connectivity index (χ1v) is 12.5. The van der Waals surface area contributed by atoms with Crippen LogP contribution in [0.1, 0.15) is 61.4 Å². The Kier molecular flexibility index (Phi) is 5.27. The number of anilines is 1. The average Bonchev–Trinajstić information content (AvgIpc) is 3.29. The fourth-order valence-corrected chi connectivity index (χ4v) is 6.42. The maximum Gasteiger partial charge on any atom is 0.270 e. The summed E-state index contributed by atoms with van der Waals surface area (Å²) in [4.78, 5) is 29.5. The van der Waals surface area contributed by atoms with Crippen LogP contribution in [0.15, 0.2) is 60.7 Å². The van der Waals surface area contributed by atoms with Gasteiger partial charge in [0.1, 0.15) is 5.78 Å². The number of likely N-dealkylation sites (tertiary alicyclic amines) is 1. The number of benzene rings is 3. The normalized spacial score (nSPS) is 26.5. The summed E-state index contributed by atoms with van der Waals surface area (Å²) in [7, 11) is 0. The molecule has 3 aromatic rings. The molecule has 2 heterocycles. The van der Waals surface area contributed by atoms with Crippen LogP contribution in [0.3, 0.4) is 0 Å². The molecule has 1 fully saturated rings. The molecule has 1 amide bonds. The molecule has 1 saturated heterocycles. The number of fused-ring (bicyclic) bond motifs is 1. The van der Waals surface area contributed by atoms with Crippen LogP contribution in [-0.4, -0.2) is 40.8 Å². The van der Waals surface area contributed by atoms with Crippen LogP contribution in [0.2, 0.25) is 0 Å². The summed E-state index contributed by atoms with van der Waals surface area (Å²) < 4.78 is 16.1. The molecule has 6 rings (SSSR count). The van der Waals surface area contributed by atoms with E-state index in [1.54, 1.807) is 30.0 Å². The predicted molar refractivity (Wildman–Crippen MR) is 133 cm³/mol. The standard InChI is InChI=1S/C29H29FN2O3/c1-2-20(33)17-29(30)23-11-3-4-12-24(23)32(28(29)35)19-13-15-31(16-14-19)26-21-9-5-7-18-8-6-10-22(25(18)21)27(26)34/h3-12,19,26-27,34H,2,13-17H2,1H3/t26?,27-,29-/m0/s1. The zero-order chi connectivity index (χ0) is 24.3. The van der Waals surface area contributed by atoms with Gasteiger partial charge in [0.25, 0.3) is 5.91 Å². The van der Waals surface area contributed by atoms with Gasteiger partial charge in [-0.1, -0.05) is 61.5 Å². The molecule has 0 spiro atoms. The van der Waals surface area contributed by atoms with E-state index in [-0.39, 0.29) is 24.3 Å². The Bertz CT molecular complexity index is 1330. The van der Waals surface area contributed by atoms with Crippen molar-refractivity contribution in [3.05, 3.63) is 77.4 Å². The van der Waals surface area contributed by atoms with E-state index in [1.165, 1.54) is 0 Å². The Labute approximate surface area is 204 Å². The van der Waals surface area contributed by atoms with Gasteiger partial charge in [0.2, 0.25) is 5.67 Å². The lowest BCUT2D eigenvalue weighted by Crippen LogP contribution is -2.50. The molecule has 3 aromatic carbocycles. The Hall–Kier alpha value is -3.09. The van der Waals surface area contributed by atoms with Gasteiger partial charge in [-0.2, -0.15) is 0 Å². The van der Waals surface area contributed by atoms with E-state index in [0.717, 1.165) is 21.9 Å². The number of carbonyl (C=O) groups excluding carboxylic acids is 2. The van der Waals surface area contributed by atoms with Gasteiger partial charge in [-0.3, -0.25) is 14.5 Å². The van der Waals surface area contributed by atoms with Gasteiger partial charge in [-0.25, -0.2) is 4.39 Å². The maximum atomic E-state index is 16.1. The first kappa shape index (κ1) is 22.4. The number of para-hydroxylation sites is 1. The van der Waals surface area contributed by atoms with Gasteiger partial charge in [-0.05, 0) is 40.8 Å². The summed E-state index contributed by atoms with van der Waals surface area (Å²) in [6.07, 6.45) is 0.546. The van der Waals surface area contributed by atoms with E-state index < -0.39 is 24.1 Å². The summed E-state index contributed by atoms with van der Waals surface area (Å²) in [5, 5.41) is 13.5. The van der Waals surface area contributed by atoms with E-state index in [1.807, 2.05) is 24.3 Å². The molecular weight excluding hydrogens is 443 g/mol. The second-order valence-corrected chi connectivity index (χ2v) is 10.0. The van der Waals surface area contributed by atoms with Crippen molar-refractivity contribution in [1.82, 2.24) is 4.90 Å². The molecule has 1 unspecified atom stereocenters. The molecule has 6 heteroatoms. The highest BCUT2D eigenvalue weighted by Gasteiger charge is 2.54. The van der Waals surface area contributed by atoms with Crippen LogP contribution < -0.4 is 4.90 Å². The van der Waals surface area contributed by atoms with E-state index >= 15 is 4.39 Å². The molecule has 0 bridgehead atoms. The molecule has 0 saturated carbocycles. The third kappa shape index (κ3) is 3.27. The van der Waals surface area contributed by atoms with Crippen LogP contribution in [0.4, 0.5) is 10.1 Å². The topological polar surface area (TPSA) is 60.9 Å². The van der Waals surface area contributed by atoms with E-state index in [9.17, 15) is 14.7 Å². The van der Waals surface area contributed by atoms with Crippen LogP contribution in [0.5, 0.6) is 0 Å². The number of nitrogens with zero attached hydrogens (tertiary/aromatic N) is 2. The number of hydrogen-bond acceptors (Lipinski definition) is 4. The minimum Gasteiger partial charge on any atom is -0.386 e. The number of aliphatic hydroxyl groups excluding tert-OH is 1. The van der Waals surface area contributed by atoms with Crippen molar-refractivity contribution < 1.29 is 19.1 Å². The fraction of sp³-hybridized carbons (Fsp3) is 0.379. The molecule has 0 aromatic heterocycles. The molecule has 0 radical (unpaired) electrons. The zero-order valence-electron chi connectivity index (χ0n) is 19.8. The summed E-state index contributed by atoms with van der Waals surface area (Å²) >= 11 is 0. The number of halogens is 1. The number of alkyl halides is 1. The highest BCUT2D eigenvalue weighted by molar-refractivity contribution is 6.09. The van der Waals surface area contributed by atoms with Crippen molar-refractivity contribution in [2.24, 2.45) is 0 Å². The average molecular weight is 473 g/mol. The maximum absolute atomic E-state index is 16.1. The van der Waals surface area contributed by atoms with Crippen molar-refractivity contribution in [3.8, 4) is 0 Å². The predicted octanol–water partition coefficient (Wildman–Crippen LogP) is 4.97. The fourth-order valence-electron chi connectivity index (χ4n) is 6.42. The lowest BCUT2D eigenvalue weighted by molar-refractivity contribution is -0.135. The number of piperidine rings is 1. The Morgan fingerprint density at radius 3 is 2.43 bits per heavy atom.